The van der Waals surface area contributed by atoms with E-state index in [9.17, 15) is 9.59 Å². The van der Waals surface area contributed by atoms with Crippen molar-refractivity contribution in [2.75, 3.05) is 39.0 Å². The minimum atomic E-state index is -0.0669. The summed E-state index contributed by atoms with van der Waals surface area (Å²) in [6.45, 7) is 2.21. The van der Waals surface area contributed by atoms with Crippen LogP contribution in [0.1, 0.15) is 24.3 Å². The van der Waals surface area contributed by atoms with Gasteiger partial charge in [0.15, 0.2) is 0 Å². The number of likely N-dealkylation sites (tertiary alicyclic amines) is 1. The molecule has 2 amide bonds. The number of fused-ring (bicyclic) bond motifs is 1. The molecule has 2 aliphatic heterocycles. The number of carbonyl (C=O) groups excluding carboxylic acids is 2. The van der Waals surface area contributed by atoms with Crippen LogP contribution in [0, 0.1) is 5.92 Å². The van der Waals surface area contributed by atoms with Crippen LogP contribution >= 0.6 is 0 Å². The third-order valence-corrected chi connectivity index (χ3v) is 4.89. The molecule has 0 radical (unpaired) electrons. The molecule has 1 saturated heterocycles. The Hall–Kier alpha value is -2.14. The van der Waals surface area contributed by atoms with Crippen LogP contribution in [0.4, 0.5) is 5.69 Å². The van der Waals surface area contributed by atoms with Crippen molar-refractivity contribution in [3.8, 4) is 0 Å². The van der Waals surface area contributed by atoms with Gasteiger partial charge in [0.25, 0.3) is 0 Å². The van der Waals surface area contributed by atoms with Gasteiger partial charge in [0.2, 0.25) is 11.8 Å². The molecule has 5 nitrogen and oxygen atoms in total. The fourth-order valence-electron chi connectivity index (χ4n) is 3.62. The Morgan fingerprint density at radius 1 is 1.29 bits per heavy atom. The largest absolute Gasteiger partial charge is 0.339 e. The van der Waals surface area contributed by atoms with Crippen molar-refractivity contribution in [3.63, 3.8) is 0 Å². The van der Waals surface area contributed by atoms with Crippen LogP contribution < -0.4 is 5.32 Å². The first-order valence-corrected chi connectivity index (χ1v) is 8.56. The second-order valence-corrected chi connectivity index (χ2v) is 6.88. The third kappa shape index (κ3) is 3.51. The van der Waals surface area contributed by atoms with E-state index in [1.165, 1.54) is 0 Å². The van der Waals surface area contributed by atoms with Gasteiger partial charge in [0.1, 0.15) is 0 Å². The first-order chi connectivity index (χ1) is 11.6. The Kier molecular flexibility index (Phi) is 5.00. The summed E-state index contributed by atoms with van der Waals surface area (Å²) >= 11 is 0. The van der Waals surface area contributed by atoms with Gasteiger partial charge in [0, 0.05) is 31.4 Å². The fourth-order valence-corrected chi connectivity index (χ4v) is 3.62. The van der Waals surface area contributed by atoms with E-state index in [-0.39, 0.29) is 17.7 Å². The van der Waals surface area contributed by atoms with Crippen molar-refractivity contribution in [1.29, 1.82) is 0 Å². The van der Waals surface area contributed by atoms with Gasteiger partial charge in [-0.25, -0.2) is 0 Å². The lowest BCUT2D eigenvalue weighted by atomic mass is 9.81. The highest BCUT2D eigenvalue weighted by Crippen LogP contribution is 2.41. The zero-order valence-corrected chi connectivity index (χ0v) is 14.4. The minimum Gasteiger partial charge on any atom is -0.339 e. The van der Waals surface area contributed by atoms with Gasteiger partial charge < -0.3 is 15.1 Å². The van der Waals surface area contributed by atoms with E-state index in [4.69, 9.17) is 0 Å². The molecule has 1 fully saturated rings. The smallest absolute Gasteiger partial charge is 0.246 e. The normalized spacial score (nSPS) is 21.4. The highest BCUT2D eigenvalue weighted by molar-refractivity contribution is 6.03. The first kappa shape index (κ1) is 16.7. The maximum Gasteiger partial charge on any atom is 0.246 e. The Morgan fingerprint density at radius 2 is 2.00 bits per heavy atom. The van der Waals surface area contributed by atoms with Crippen LogP contribution in [-0.2, 0) is 9.59 Å². The molecule has 1 aromatic rings. The lowest BCUT2D eigenvalue weighted by Crippen LogP contribution is -2.39. The second kappa shape index (κ2) is 7.18. The Balaban J connectivity index is 1.59. The van der Waals surface area contributed by atoms with Crippen molar-refractivity contribution in [2.45, 2.75) is 18.8 Å². The number of hydrogen-bond donors (Lipinski definition) is 1. The lowest BCUT2D eigenvalue weighted by molar-refractivity contribution is -0.127. The molecule has 0 bridgehead atoms. The molecule has 0 aromatic heterocycles. The molecular formula is C19H25N3O2. The lowest BCUT2D eigenvalue weighted by Gasteiger charge is -2.33. The average Bonchev–Trinajstić information content (AvgIpc) is 2.90. The molecule has 2 heterocycles. The Labute approximate surface area is 143 Å². The van der Waals surface area contributed by atoms with E-state index in [1.54, 1.807) is 6.08 Å². The maximum atomic E-state index is 12.3. The molecule has 0 saturated carbocycles. The summed E-state index contributed by atoms with van der Waals surface area (Å²) in [4.78, 5) is 28.5. The van der Waals surface area contributed by atoms with Crippen molar-refractivity contribution >= 4 is 17.5 Å². The van der Waals surface area contributed by atoms with Crippen LogP contribution in [0.2, 0.25) is 0 Å². The highest BCUT2D eigenvalue weighted by Gasteiger charge is 2.38. The molecule has 5 heteroatoms. The monoisotopic (exact) mass is 327 g/mol. The van der Waals surface area contributed by atoms with Gasteiger partial charge in [-0.15, -0.1) is 0 Å². The summed E-state index contributed by atoms with van der Waals surface area (Å²) in [7, 11) is 3.95. The number of rotatable bonds is 4. The van der Waals surface area contributed by atoms with Gasteiger partial charge >= 0.3 is 0 Å². The quantitative estimate of drug-likeness (QED) is 0.862. The summed E-state index contributed by atoms with van der Waals surface area (Å²) in [5, 5.41) is 2.98. The standard InChI is InChI=1S/C19H25N3O2/c1-21(2)11-5-8-17(23)22-12-9-14(10-13-22)18-15-6-3-4-7-16(15)20-19(18)24/h3-8,14,18H,9-13H2,1-2H3,(H,20,24)/b8-5+. The molecule has 0 aliphatic carbocycles. The number of piperidine rings is 1. The zero-order chi connectivity index (χ0) is 17.1. The van der Waals surface area contributed by atoms with Crippen LogP contribution in [-0.4, -0.2) is 55.3 Å². The first-order valence-electron chi connectivity index (χ1n) is 8.56. The number of hydrogen-bond acceptors (Lipinski definition) is 3. The summed E-state index contributed by atoms with van der Waals surface area (Å²) in [5.41, 5.74) is 2.05. The summed E-state index contributed by atoms with van der Waals surface area (Å²) < 4.78 is 0. The summed E-state index contributed by atoms with van der Waals surface area (Å²) in [6.07, 6.45) is 5.31. The molecule has 0 spiro atoms. The van der Waals surface area contributed by atoms with Crippen LogP contribution in [0.15, 0.2) is 36.4 Å². The molecule has 24 heavy (non-hydrogen) atoms. The number of anilines is 1. The van der Waals surface area contributed by atoms with Crippen molar-refractivity contribution < 1.29 is 9.59 Å². The summed E-state index contributed by atoms with van der Waals surface area (Å²) in [6, 6.07) is 7.93. The summed E-state index contributed by atoms with van der Waals surface area (Å²) in [5.74, 6) is 0.421. The number of likely N-dealkylation sites (N-methyl/N-ethyl adjacent to an activating group) is 1. The van der Waals surface area contributed by atoms with Crippen molar-refractivity contribution in [2.24, 2.45) is 5.92 Å². The second-order valence-electron chi connectivity index (χ2n) is 6.88. The SMILES string of the molecule is CN(C)C/C=C/C(=O)N1CCC(C2C(=O)Nc3ccccc32)CC1. The predicted molar refractivity (Wildman–Crippen MR) is 94.8 cm³/mol. The van der Waals surface area contributed by atoms with E-state index < -0.39 is 0 Å². The van der Waals surface area contributed by atoms with Gasteiger partial charge in [-0.3, -0.25) is 9.59 Å². The van der Waals surface area contributed by atoms with Gasteiger partial charge in [-0.05, 0) is 44.5 Å². The number of nitrogens with zero attached hydrogens (tertiary/aromatic N) is 2. The fraction of sp³-hybridized carbons (Fsp3) is 0.474. The topological polar surface area (TPSA) is 52.7 Å². The zero-order valence-electron chi connectivity index (χ0n) is 14.4. The van der Waals surface area contributed by atoms with Crippen LogP contribution in [0.5, 0.6) is 0 Å². The number of amides is 2. The van der Waals surface area contributed by atoms with E-state index in [2.05, 4.69) is 5.32 Å². The third-order valence-electron chi connectivity index (χ3n) is 4.89. The minimum absolute atomic E-state index is 0.0669. The molecule has 3 rings (SSSR count). The Bertz CT molecular complexity index is 646. The van der Waals surface area contributed by atoms with E-state index in [0.717, 1.165) is 43.7 Å². The van der Waals surface area contributed by atoms with E-state index >= 15 is 0 Å². The Morgan fingerprint density at radius 3 is 2.71 bits per heavy atom. The molecule has 1 unspecified atom stereocenters. The van der Waals surface area contributed by atoms with Gasteiger partial charge in [-0.1, -0.05) is 24.3 Å². The number of nitrogens with one attached hydrogen (secondary N) is 1. The average molecular weight is 327 g/mol. The van der Waals surface area contributed by atoms with Gasteiger partial charge in [-0.2, -0.15) is 0 Å². The molecule has 1 N–H and O–H groups in total. The van der Waals surface area contributed by atoms with E-state index in [1.807, 2.05) is 54.2 Å². The van der Waals surface area contributed by atoms with Crippen molar-refractivity contribution in [1.82, 2.24) is 9.80 Å². The molecule has 128 valence electrons. The molecule has 1 aromatic carbocycles. The molecule has 1 atom stereocenters. The number of carbonyl (C=O) groups is 2. The van der Waals surface area contributed by atoms with Gasteiger partial charge in [0.05, 0.1) is 5.92 Å². The number of para-hydroxylation sites is 1. The van der Waals surface area contributed by atoms with Crippen LogP contribution in [0.25, 0.3) is 0 Å². The van der Waals surface area contributed by atoms with E-state index in [0.29, 0.717) is 5.92 Å². The number of benzene rings is 1. The molecular weight excluding hydrogens is 302 g/mol. The predicted octanol–water partition coefficient (Wildman–Crippen LogP) is 2.08. The maximum absolute atomic E-state index is 12.3. The van der Waals surface area contributed by atoms with Crippen LogP contribution in [0.3, 0.4) is 0 Å². The van der Waals surface area contributed by atoms with Crippen molar-refractivity contribution in [3.05, 3.63) is 42.0 Å². The highest BCUT2D eigenvalue weighted by atomic mass is 16.2. The molecule has 2 aliphatic rings.